The van der Waals surface area contributed by atoms with E-state index >= 15 is 0 Å². The molecule has 0 radical (unpaired) electrons. The van der Waals surface area contributed by atoms with Crippen molar-refractivity contribution in [3.8, 4) is 0 Å². The van der Waals surface area contributed by atoms with Gasteiger partial charge in [0.05, 0.1) is 6.61 Å². The highest BCUT2D eigenvalue weighted by Gasteiger charge is 2.45. The van der Waals surface area contributed by atoms with Crippen molar-refractivity contribution in [1.82, 2.24) is 9.55 Å². The Morgan fingerprint density at radius 1 is 1.65 bits per heavy atom. The van der Waals surface area contributed by atoms with E-state index in [2.05, 4.69) is 4.98 Å². The summed E-state index contributed by atoms with van der Waals surface area (Å²) in [7, 11) is 0. The lowest BCUT2D eigenvalue weighted by atomic mass is 10.1. The van der Waals surface area contributed by atoms with E-state index in [0.717, 1.165) is 4.57 Å². The zero-order valence-electron chi connectivity index (χ0n) is 8.73. The highest BCUT2D eigenvalue weighted by molar-refractivity contribution is 5.23. The number of rotatable bonds is 2. The van der Waals surface area contributed by atoms with Gasteiger partial charge in [-0.3, -0.25) is 4.57 Å². The van der Waals surface area contributed by atoms with Crippen molar-refractivity contribution < 1.29 is 19.3 Å². The predicted octanol–water partition coefficient (Wildman–Crippen LogP) is -1.59. The topological polar surface area (TPSA) is 111 Å². The van der Waals surface area contributed by atoms with Crippen LogP contribution in [0.3, 0.4) is 0 Å². The summed E-state index contributed by atoms with van der Waals surface area (Å²) in [6, 6.07) is 1.32. The minimum atomic E-state index is -1.81. The van der Waals surface area contributed by atoms with Crippen molar-refractivity contribution in [3.05, 3.63) is 22.7 Å². The van der Waals surface area contributed by atoms with Crippen molar-refractivity contribution in [2.24, 2.45) is 0 Å². The predicted molar refractivity (Wildman–Crippen MR) is 54.8 cm³/mol. The molecule has 1 aliphatic rings. The molecule has 1 aromatic heterocycles. The van der Waals surface area contributed by atoms with Gasteiger partial charge in [0.2, 0.25) is 0 Å². The Bertz CT molecular complexity index is 466. The Morgan fingerprint density at radius 3 is 2.88 bits per heavy atom. The molecule has 1 saturated heterocycles. The standard InChI is InChI=1S/C9H12FN3O4/c10-6-7(15)4(3-14)17-8(6)13-2-1-5(11)12-9(13)16/h1-2,4,6-8,14-15H,3H2,(H2,11,12,16)/t4-,6?,7+,8-/m1/s1. The molecule has 0 bridgehead atoms. The highest BCUT2D eigenvalue weighted by Crippen LogP contribution is 2.30. The van der Waals surface area contributed by atoms with Crippen molar-refractivity contribution in [3.63, 3.8) is 0 Å². The van der Waals surface area contributed by atoms with Crippen molar-refractivity contribution in [2.45, 2.75) is 24.6 Å². The van der Waals surface area contributed by atoms with Crippen LogP contribution >= 0.6 is 0 Å². The Hall–Kier alpha value is -1.51. The van der Waals surface area contributed by atoms with Crippen molar-refractivity contribution >= 4 is 5.82 Å². The van der Waals surface area contributed by atoms with E-state index in [-0.39, 0.29) is 5.82 Å². The molecule has 0 aromatic carbocycles. The second kappa shape index (κ2) is 4.40. The molecule has 1 aromatic rings. The van der Waals surface area contributed by atoms with E-state index in [1.807, 2.05) is 0 Å². The number of aliphatic hydroxyl groups excluding tert-OH is 2. The Balaban J connectivity index is 2.32. The van der Waals surface area contributed by atoms with E-state index < -0.39 is 36.9 Å². The van der Waals surface area contributed by atoms with Gasteiger partial charge < -0.3 is 20.7 Å². The van der Waals surface area contributed by atoms with Gasteiger partial charge in [-0.05, 0) is 6.07 Å². The summed E-state index contributed by atoms with van der Waals surface area (Å²) >= 11 is 0. The third-order valence-electron chi connectivity index (χ3n) is 2.60. The molecule has 0 amide bonds. The van der Waals surface area contributed by atoms with Gasteiger partial charge in [-0.25, -0.2) is 9.18 Å². The van der Waals surface area contributed by atoms with Gasteiger partial charge in [-0.1, -0.05) is 0 Å². The van der Waals surface area contributed by atoms with Crippen LogP contribution in [0, 0.1) is 0 Å². The average molecular weight is 245 g/mol. The first-order valence-electron chi connectivity index (χ1n) is 4.97. The number of nitrogens with zero attached hydrogens (tertiary/aromatic N) is 2. The summed E-state index contributed by atoms with van der Waals surface area (Å²) in [5.74, 6) is 0.0129. The van der Waals surface area contributed by atoms with E-state index in [4.69, 9.17) is 15.6 Å². The molecular formula is C9H12FN3O4. The van der Waals surface area contributed by atoms with Gasteiger partial charge in [0.15, 0.2) is 12.4 Å². The number of anilines is 1. The van der Waals surface area contributed by atoms with Crippen LogP contribution in [0.1, 0.15) is 6.23 Å². The van der Waals surface area contributed by atoms with Gasteiger partial charge in [0.25, 0.3) is 0 Å². The van der Waals surface area contributed by atoms with E-state index in [0.29, 0.717) is 0 Å². The number of aromatic nitrogens is 2. The average Bonchev–Trinajstić information content (AvgIpc) is 2.57. The summed E-state index contributed by atoms with van der Waals surface area (Å²) in [6.45, 7) is -0.533. The molecule has 2 heterocycles. The lowest BCUT2D eigenvalue weighted by molar-refractivity contribution is -0.0490. The number of aliphatic hydroxyl groups is 2. The first-order chi connectivity index (χ1) is 8.04. The number of hydrogen-bond donors (Lipinski definition) is 3. The molecule has 8 heteroatoms. The lowest BCUT2D eigenvalue weighted by Crippen LogP contribution is -2.33. The van der Waals surface area contributed by atoms with E-state index in [1.165, 1.54) is 12.3 Å². The monoisotopic (exact) mass is 245 g/mol. The number of nitrogens with two attached hydrogens (primary N) is 1. The molecule has 2 rings (SSSR count). The largest absolute Gasteiger partial charge is 0.394 e. The SMILES string of the molecule is Nc1ccn([C@@H]2O[C@H](CO)[C@H](O)C2F)c(=O)n1. The third-order valence-corrected chi connectivity index (χ3v) is 2.60. The molecule has 4 N–H and O–H groups in total. The zero-order chi connectivity index (χ0) is 12.6. The normalized spacial score (nSPS) is 32.9. The fraction of sp³-hybridized carbons (Fsp3) is 0.556. The van der Waals surface area contributed by atoms with Crippen LogP contribution in [0.15, 0.2) is 17.1 Å². The van der Waals surface area contributed by atoms with Crippen LogP contribution < -0.4 is 11.4 Å². The fourth-order valence-corrected chi connectivity index (χ4v) is 1.70. The molecular weight excluding hydrogens is 233 g/mol. The summed E-state index contributed by atoms with van der Waals surface area (Å²) in [5, 5.41) is 18.3. The fourth-order valence-electron chi connectivity index (χ4n) is 1.70. The van der Waals surface area contributed by atoms with Gasteiger partial charge in [-0.2, -0.15) is 4.98 Å². The van der Waals surface area contributed by atoms with Crippen LogP contribution in [0.2, 0.25) is 0 Å². The Morgan fingerprint density at radius 2 is 2.35 bits per heavy atom. The summed E-state index contributed by atoms with van der Waals surface area (Å²) in [6.07, 6.45) is -4.42. The highest BCUT2D eigenvalue weighted by atomic mass is 19.1. The van der Waals surface area contributed by atoms with Gasteiger partial charge >= 0.3 is 5.69 Å². The maximum absolute atomic E-state index is 13.7. The molecule has 4 atom stereocenters. The van der Waals surface area contributed by atoms with Crippen LogP contribution in [-0.2, 0) is 4.74 Å². The molecule has 0 aliphatic carbocycles. The first-order valence-corrected chi connectivity index (χ1v) is 4.97. The van der Waals surface area contributed by atoms with Crippen molar-refractivity contribution in [2.75, 3.05) is 12.3 Å². The summed E-state index contributed by atoms with van der Waals surface area (Å²) in [4.78, 5) is 14.9. The van der Waals surface area contributed by atoms with Crippen LogP contribution in [0.5, 0.6) is 0 Å². The number of nitrogen functional groups attached to an aromatic ring is 1. The molecule has 1 unspecified atom stereocenters. The van der Waals surface area contributed by atoms with E-state index in [1.54, 1.807) is 0 Å². The number of hydrogen-bond acceptors (Lipinski definition) is 6. The maximum Gasteiger partial charge on any atom is 0.351 e. The molecule has 94 valence electrons. The van der Waals surface area contributed by atoms with Crippen molar-refractivity contribution in [1.29, 1.82) is 0 Å². The summed E-state index contributed by atoms with van der Waals surface area (Å²) in [5.41, 5.74) is 4.52. The number of ether oxygens (including phenoxy) is 1. The number of halogens is 1. The van der Waals surface area contributed by atoms with Gasteiger partial charge in [-0.15, -0.1) is 0 Å². The molecule has 7 nitrogen and oxygen atoms in total. The third kappa shape index (κ3) is 2.02. The van der Waals surface area contributed by atoms with Gasteiger partial charge in [0.1, 0.15) is 18.0 Å². The minimum Gasteiger partial charge on any atom is -0.394 e. The second-order valence-corrected chi connectivity index (χ2v) is 3.72. The summed E-state index contributed by atoms with van der Waals surface area (Å²) < 4.78 is 19.6. The molecule has 17 heavy (non-hydrogen) atoms. The lowest BCUT2D eigenvalue weighted by Gasteiger charge is -2.15. The Labute approximate surface area is 95.3 Å². The zero-order valence-corrected chi connectivity index (χ0v) is 8.73. The van der Waals surface area contributed by atoms with Crippen LogP contribution in [0.25, 0.3) is 0 Å². The molecule has 1 fully saturated rings. The van der Waals surface area contributed by atoms with Gasteiger partial charge in [0, 0.05) is 6.20 Å². The second-order valence-electron chi connectivity index (χ2n) is 3.72. The quantitative estimate of drug-likeness (QED) is 0.579. The molecule has 1 aliphatic heterocycles. The van der Waals surface area contributed by atoms with E-state index in [9.17, 15) is 14.3 Å². The molecule has 0 saturated carbocycles. The minimum absolute atomic E-state index is 0.0129. The molecule has 0 spiro atoms. The van der Waals surface area contributed by atoms with Crippen LogP contribution in [-0.4, -0.2) is 44.8 Å². The van der Waals surface area contributed by atoms with Crippen LogP contribution in [0.4, 0.5) is 10.2 Å². The maximum atomic E-state index is 13.7. The first kappa shape index (κ1) is 12.0. The Kier molecular flexibility index (Phi) is 3.09. The smallest absolute Gasteiger partial charge is 0.351 e. The number of alkyl halides is 1.